The minimum Gasteiger partial charge on any atom is -0.229 e. The number of hydrogen-bond donors (Lipinski definition) is 0. The van der Waals surface area contributed by atoms with E-state index in [1.165, 1.54) is 12.5 Å². The van der Waals surface area contributed by atoms with Crippen molar-refractivity contribution in [1.29, 1.82) is 0 Å². The fourth-order valence-electron chi connectivity index (χ4n) is 1.16. The van der Waals surface area contributed by atoms with Crippen LogP contribution in [-0.2, 0) is 19.7 Å². The second-order valence-corrected chi connectivity index (χ2v) is 8.49. The van der Waals surface area contributed by atoms with Gasteiger partial charge in [0.15, 0.2) is 9.84 Å². The Balaban J connectivity index is -0.000000286. The van der Waals surface area contributed by atoms with E-state index >= 15 is 0 Å². The first-order chi connectivity index (χ1) is 8.06. The van der Waals surface area contributed by atoms with Crippen LogP contribution in [0.2, 0.25) is 0 Å². The molecule has 1 aromatic carbocycles. The summed E-state index contributed by atoms with van der Waals surface area (Å²) in [4.78, 5) is 0.378. The Morgan fingerprint density at radius 3 is 1.50 bits per heavy atom. The lowest BCUT2D eigenvalue weighted by molar-refractivity contribution is 0.599. The molecule has 6 heteroatoms. The molecule has 0 fully saturated rings. The van der Waals surface area contributed by atoms with Gasteiger partial charge >= 0.3 is 0 Å². The van der Waals surface area contributed by atoms with Crippen LogP contribution in [0.3, 0.4) is 0 Å². The Hall–Kier alpha value is -0.880. The second kappa shape index (κ2) is 9.94. The van der Waals surface area contributed by atoms with E-state index in [2.05, 4.69) is 0 Å². The third-order valence-electron chi connectivity index (χ3n) is 2.02. The van der Waals surface area contributed by atoms with Gasteiger partial charge in [0, 0.05) is 18.3 Å². The summed E-state index contributed by atoms with van der Waals surface area (Å²) < 4.78 is 42.4. The molecule has 4 nitrogen and oxygen atoms in total. The highest BCUT2D eigenvalue weighted by atomic mass is 32.2. The molecule has 0 N–H and O–H groups in total. The zero-order valence-electron chi connectivity index (χ0n) is 11.2. The first-order valence-electron chi connectivity index (χ1n) is 5.50. The van der Waals surface area contributed by atoms with Crippen LogP contribution in [0, 0.1) is 6.92 Å². The van der Waals surface area contributed by atoms with Crippen molar-refractivity contribution in [2.24, 2.45) is 0 Å². The molecule has 1 rings (SSSR count). The Labute approximate surface area is 125 Å². The molecule has 0 heterocycles. The number of benzene rings is 1. The van der Waals surface area contributed by atoms with Gasteiger partial charge in [-0.15, -0.1) is 0 Å². The Kier molecular flexibility index (Phi) is 12.0. The molecule has 0 atom stereocenters. The average molecular weight is 325 g/mol. The van der Waals surface area contributed by atoms with Gasteiger partial charge in [-0.1, -0.05) is 39.5 Å². The maximum absolute atomic E-state index is 10.9. The SMILES string of the molecule is C.C.CCCS(C)(=O)=O.Cc1ccc(S(C)(=O)=O)cc1. The molecule has 20 heavy (non-hydrogen) atoms. The van der Waals surface area contributed by atoms with Crippen molar-refractivity contribution < 1.29 is 16.8 Å². The van der Waals surface area contributed by atoms with Crippen LogP contribution >= 0.6 is 0 Å². The van der Waals surface area contributed by atoms with Gasteiger partial charge in [-0.3, -0.25) is 0 Å². The molecule has 0 aliphatic rings. The highest BCUT2D eigenvalue weighted by molar-refractivity contribution is 7.90. The average Bonchev–Trinajstić information content (AvgIpc) is 2.15. The molecular weight excluding hydrogens is 296 g/mol. The van der Waals surface area contributed by atoms with Gasteiger partial charge in [-0.05, 0) is 25.5 Å². The molecule has 120 valence electrons. The number of rotatable bonds is 3. The normalized spacial score (nSPS) is 10.4. The maximum atomic E-state index is 10.9. The quantitative estimate of drug-likeness (QED) is 0.856. The lowest BCUT2D eigenvalue weighted by Gasteiger charge is -1.96. The summed E-state index contributed by atoms with van der Waals surface area (Å²) in [5.41, 5.74) is 1.07. The van der Waals surface area contributed by atoms with E-state index < -0.39 is 19.7 Å². The summed E-state index contributed by atoms with van der Waals surface area (Å²) in [6, 6.07) is 6.81. The molecule has 0 amide bonds. The molecule has 0 aliphatic heterocycles. The smallest absolute Gasteiger partial charge is 0.175 e. The van der Waals surface area contributed by atoms with E-state index in [-0.39, 0.29) is 14.9 Å². The zero-order valence-corrected chi connectivity index (χ0v) is 12.8. The largest absolute Gasteiger partial charge is 0.229 e. The van der Waals surface area contributed by atoms with E-state index in [9.17, 15) is 16.8 Å². The van der Waals surface area contributed by atoms with Crippen LogP contribution in [-0.4, -0.2) is 35.1 Å². The highest BCUT2D eigenvalue weighted by Crippen LogP contribution is 2.08. The van der Waals surface area contributed by atoms with Gasteiger partial charge in [0.05, 0.1) is 4.90 Å². The standard InChI is InChI=1S/C8H10O2S.C4H10O2S.2CH4/c1-7-3-5-8(6-4-7)11(2,9)10;1-3-4-7(2,5)6;;/h3-6H,1-2H3;3-4H2,1-2H3;2*1H4. The molecule has 0 aromatic heterocycles. The molecule has 0 saturated carbocycles. The van der Waals surface area contributed by atoms with Crippen LogP contribution < -0.4 is 0 Å². The van der Waals surface area contributed by atoms with E-state index in [4.69, 9.17) is 0 Å². The van der Waals surface area contributed by atoms with Crippen LogP contribution in [0.4, 0.5) is 0 Å². The van der Waals surface area contributed by atoms with Crippen LogP contribution in [0.15, 0.2) is 29.2 Å². The number of hydrogen-bond acceptors (Lipinski definition) is 4. The summed E-state index contributed by atoms with van der Waals surface area (Å²) in [7, 11) is -5.69. The molecule has 0 aliphatic carbocycles. The summed E-state index contributed by atoms with van der Waals surface area (Å²) in [5, 5.41) is 0. The third-order valence-corrected chi connectivity index (χ3v) is 4.30. The van der Waals surface area contributed by atoms with E-state index in [0.29, 0.717) is 10.6 Å². The van der Waals surface area contributed by atoms with Crippen LogP contribution in [0.1, 0.15) is 33.8 Å². The monoisotopic (exact) mass is 324 g/mol. The molecule has 0 radical (unpaired) electrons. The highest BCUT2D eigenvalue weighted by Gasteiger charge is 2.04. The molecule has 0 unspecified atom stereocenters. The lowest BCUT2D eigenvalue weighted by Crippen LogP contribution is -2.00. The second-order valence-electron chi connectivity index (χ2n) is 4.22. The van der Waals surface area contributed by atoms with Crippen molar-refractivity contribution in [3.8, 4) is 0 Å². The van der Waals surface area contributed by atoms with Gasteiger partial charge in [0.1, 0.15) is 9.84 Å². The van der Waals surface area contributed by atoms with Gasteiger partial charge in [-0.2, -0.15) is 0 Å². The van der Waals surface area contributed by atoms with Crippen molar-refractivity contribution in [1.82, 2.24) is 0 Å². The topological polar surface area (TPSA) is 68.3 Å². The first kappa shape index (κ1) is 24.2. The predicted octanol–water partition coefficient (Wildman–Crippen LogP) is 3.11. The van der Waals surface area contributed by atoms with Crippen LogP contribution in [0.5, 0.6) is 0 Å². The number of sulfone groups is 2. The van der Waals surface area contributed by atoms with E-state index in [1.807, 2.05) is 13.8 Å². The fraction of sp³-hybridized carbons (Fsp3) is 0.571. The van der Waals surface area contributed by atoms with Crippen molar-refractivity contribution in [3.05, 3.63) is 29.8 Å². The van der Waals surface area contributed by atoms with E-state index in [0.717, 1.165) is 12.0 Å². The predicted molar refractivity (Wildman–Crippen MR) is 87.8 cm³/mol. The van der Waals surface area contributed by atoms with Gasteiger partial charge < -0.3 is 0 Å². The molecule has 0 spiro atoms. The molecule has 0 saturated heterocycles. The summed E-state index contributed by atoms with van der Waals surface area (Å²) >= 11 is 0. The Morgan fingerprint density at radius 1 is 0.900 bits per heavy atom. The molecule has 0 bridgehead atoms. The van der Waals surface area contributed by atoms with Gasteiger partial charge in [0.25, 0.3) is 0 Å². The van der Waals surface area contributed by atoms with Crippen molar-refractivity contribution >= 4 is 19.7 Å². The molecule has 1 aromatic rings. The first-order valence-corrected chi connectivity index (χ1v) is 9.46. The minimum atomic E-state index is -3.02. The maximum Gasteiger partial charge on any atom is 0.175 e. The summed E-state index contributed by atoms with van der Waals surface area (Å²) in [6.07, 6.45) is 3.17. The summed E-state index contributed by atoms with van der Waals surface area (Å²) in [6.45, 7) is 3.77. The van der Waals surface area contributed by atoms with Crippen molar-refractivity contribution in [2.45, 2.75) is 40.0 Å². The van der Waals surface area contributed by atoms with Crippen molar-refractivity contribution in [2.75, 3.05) is 18.3 Å². The molecular formula is C14H28O4S2. The zero-order chi connectivity index (χ0) is 14.4. The van der Waals surface area contributed by atoms with Gasteiger partial charge in [0.2, 0.25) is 0 Å². The minimum absolute atomic E-state index is 0. The van der Waals surface area contributed by atoms with E-state index in [1.54, 1.807) is 24.3 Å². The van der Waals surface area contributed by atoms with Crippen LogP contribution in [0.25, 0.3) is 0 Å². The lowest BCUT2D eigenvalue weighted by atomic mass is 10.2. The number of aryl methyl sites for hydroxylation is 1. The third kappa shape index (κ3) is 12.2. The summed E-state index contributed by atoms with van der Waals surface area (Å²) in [5.74, 6) is 0.312. The van der Waals surface area contributed by atoms with Gasteiger partial charge in [-0.25, -0.2) is 16.8 Å². The Morgan fingerprint density at radius 2 is 1.30 bits per heavy atom. The fourth-order valence-corrected chi connectivity index (χ4v) is 2.53. The van der Waals surface area contributed by atoms with Crippen molar-refractivity contribution in [3.63, 3.8) is 0 Å². The Bertz CT molecular complexity index is 556.